The van der Waals surface area contributed by atoms with Gasteiger partial charge >= 0.3 is 6.03 Å². The zero-order chi connectivity index (χ0) is 24.4. The Morgan fingerprint density at radius 2 is 1.58 bits per heavy atom. The average molecular weight is 534 g/mol. The number of hydrogen-bond acceptors (Lipinski definition) is 3. The van der Waals surface area contributed by atoms with Gasteiger partial charge in [-0.1, -0.05) is 52.5 Å². The number of hydrogen-bond donors (Lipinski definition) is 2. The summed E-state index contributed by atoms with van der Waals surface area (Å²) in [4.78, 5) is 24.4. The van der Waals surface area contributed by atoms with E-state index in [1.807, 2.05) is 5.32 Å². The molecule has 3 rings (SSSR count). The molecule has 172 valence electrons. The molecule has 0 aliphatic heterocycles. The molecule has 0 atom stereocenters. The third kappa shape index (κ3) is 5.50. The van der Waals surface area contributed by atoms with E-state index in [4.69, 9.17) is 51.1 Å². The Hall–Kier alpha value is -2.58. The Morgan fingerprint density at radius 3 is 2.21 bits per heavy atom. The van der Waals surface area contributed by atoms with Gasteiger partial charge in [0.15, 0.2) is 0 Å². The van der Waals surface area contributed by atoms with Crippen molar-refractivity contribution in [1.82, 2.24) is 5.32 Å². The van der Waals surface area contributed by atoms with Crippen LogP contribution in [0.2, 0.25) is 20.1 Å². The van der Waals surface area contributed by atoms with Gasteiger partial charge in [-0.15, -0.1) is 0 Å². The van der Waals surface area contributed by atoms with Gasteiger partial charge in [0, 0.05) is 16.8 Å². The number of carbonyl (C=O) groups is 2. The molecule has 0 aromatic heterocycles. The van der Waals surface area contributed by atoms with Crippen LogP contribution in [0.1, 0.15) is 21.5 Å². The van der Waals surface area contributed by atoms with Gasteiger partial charge in [-0.2, -0.15) is 0 Å². The molecule has 0 saturated carbocycles. The van der Waals surface area contributed by atoms with Gasteiger partial charge < -0.3 is 10.1 Å². The van der Waals surface area contributed by atoms with E-state index in [0.29, 0.717) is 16.1 Å². The lowest BCUT2D eigenvalue weighted by atomic mass is 10.1. The Kier molecular flexibility index (Phi) is 7.69. The van der Waals surface area contributed by atoms with Crippen molar-refractivity contribution >= 4 is 64.0 Å². The first kappa shape index (κ1) is 25.1. The van der Waals surface area contributed by atoms with E-state index in [1.54, 1.807) is 13.8 Å². The molecular weight excluding hydrogens is 520 g/mol. The third-order valence-corrected chi connectivity index (χ3v) is 5.95. The van der Waals surface area contributed by atoms with E-state index >= 15 is 0 Å². The van der Waals surface area contributed by atoms with Crippen LogP contribution in [0, 0.1) is 25.5 Å². The van der Waals surface area contributed by atoms with Crippen LogP contribution >= 0.6 is 46.4 Å². The molecule has 0 saturated heterocycles. The molecule has 0 spiro atoms. The topological polar surface area (TPSA) is 67.4 Å². The molecule has 0 fully saturated rings. The highest BCUT2D eigenvalue weighted by molar-refractivity contribution is 6.44. The van der Waals surface area contributed by atoms with Crippen molar-refractivity contribution in [3.8, 4) is 11.5 Å². The van der Waals surface area contributed by atoms with E-state index in [9.17, 15) is 18.4 Å². The fraction of sp³-hybridized carbons (Fsp3) is 0.0909. The lowest BCUT2D eigenvalue weighted by molar-refractivity contribution is 0.0959. The molecular formula is C22H14Cl4F2N2O3. The number of imide groups is 1. The fourth-order valence-electron chi connectivity index (χ4n) is 2.86. The summed E-state index contributed by atoms with van der Waals surface area (Å²) in [6.07, 6.45) is 0. The highest BCUT2D eigenvalue weighted by atomic mass is 35.5. The first-order valence-corrected chi connectivity index (χ1v) is 10.7. The van der Waals surface area contributed by atoms with Crippen molar-refractivity contribution in [2.75, 3.05) is 5.32 Å². The normalized spacial score (nSPS) is 10.7. The lowest BCUT2D eigenvalue weighted by Gasteiger charge is -2.17. The smallest absolute Gasteiger partial charge is 0.326 e. The lowest BCUT2D eigenvalue weighted by Crippen LogP contribution is -2.35. The Bertz CT molecular complexity index is 1260. The third-order valence-electron chi connectivity index (χ3n) is 4.49. The summed E-state index contributed by atoms with van der Waals surface area (Å²) in [7, 11) is 0. The Morgan fingerprint density at radius 1 is 0.939 bits per heavy atom. The van der Waals surface area contributed by atoms with Crippen LogP contribution in [-0.4, -0.2) is 11.9 Å². The molecule has 0 unspecified atom stereocenters. The summed E-state index contributed by atoms with van der Waals surface area (Å²) < 4.78 is 33.3. The van der Waals surface area contributed by atoms with E-state index < -0.39 is 29.1 Å². The van der Waals surface area contributed by atoms with Crippen molar-refractivity contribution in [1.29, 1.82) is 0 Å². The van der Waals surface area contributed by atoms with Gasteiger partial charge in [-0.05, 0) is 49.2 Å². The molecule has 3 aromatic rings. The number of carbonyl (C=O) groups excluding carboxylic acids is 2. The maximum absolute atomic E-state index is 13.8. The maximum atomic E-state index is 13.8. The standard InChI is InChI=1S/C22H14Cl4F2N2O3/c1-9-6-15(29-22(32)30-21(31)17-13(27)4-3-5-14(17)28)10(2)18(25)20(9)33-16-8-11(23)7-12(24)19(16)26/h3-8H,1-2H3,(H2,29,30,31,32). The summed E-state index contributed by atoms with van der Waals surface area (Å²) in [6, 6.07) is 6.35. The predicted molar refractivity (Wildman–Crippen MR) is 125 cm³/mol. The second kappa shape index (κ2) is 10.1. The van der Waals surface area contributed by atoms with Crippen molar-refractivity contribution in [3.63, 3.8) is 0 Å². The minimum Gasteiger partial charge on any atom is -0.454 e. The van der Waals surface area contributed by atoms with Crippen LogP contribution in [0.25, 0.3) is 0 Å². The quantitative estimate of drug-likeness (QED) is 0.334. The number of amides is 3. The molecule has 0 heterocycles. The first-order chi connectivity index (χ1) is 15.5. The predicted octanol–water partition coefficient (Wildman–Crippen LogP) is 7.95. The van der Waals surface area contributed by atoms with Crippen LogP contribution in [-0.2, 0) is 0 Å². The first-order valence-electron chi connectivity index (χ1n) is 9.18. The second-order valence-electron chi connectivity index (χ2n) is 6.82. The van der Waals surface area contributed by atoms with Crippen LogP contribution in [0.4, 0.5) is 19.3 Å². The number of benzene rings is 3. The SMILES string of the molecule is Cc1cc(NC(=O)NC(=O)c2c(F)cccc2F)c(C)c(Cl)c1Oc1cc(Cl)cc(Cl)c1Cl. The Labute approximate surface area is 207 Å². The van der Waals surface area contributed by atoms with Crippen LogP contribution < -0.4 is 15.4 Å². The summed E-state index contributed by atoms with van der Waals surface area (Å²) in [6.45, 7) is 3.25. The second-order valence-corrected chi connectivity index (χ2v) is 8.42. The van der Waals surface area contributed by atoms with E-state index in [1.165, 1.54) is 18.2 Å². The number of aryl methyl sites for hydroxylation is 1. The van der Waals surface area contributed by atoms with Crippen molar-refractivity contribution < 1.29 is 23.1 Å². The maximum Gasteiger partial charge on any atom is 0.326 e. The molecule has 11 heteroatoms. The largest absolute Gasteiger partial charge is 0.454 e. The van der Waals surface area contributed by atoms with Crippen LogP contribution in [0.3, 0.4) is 0 Å². The molecule has 0 aliphatic rings. The fourth-order valence-corrected chi connectivity index (χ4v) is 3.77. The molecule has 0 bridgehead atoms. The van der Waals surface area contributed by atoms with Gasteiger partial charge in [0.2, 0.25) is 0 Å². The van der Waals surface area contributed by atoms with Gasteiger partial charge in [-0.25, -0.2) is 13.6 Å². The number of urea groups is 1. The minimum absolute atomic E-state index is 0.134. The number of ether oxygens (including phenoxy) is 1. The molecule has 2 N–H and O–H groups in total. The number of halogens is 6. The monoisotopic (exact) mass is 532 g/mol. The van der Waals surface area contributed by atoms with Crippen molar-refractivity contribution in [3.05, 3.63) is 84.8 Å². The average Bonchev–Trinajstić information content (AvgIpc) is 2.72. The summed E-state index contributed by atoms with van der Waals surface area (Å²) in [5.74, 6) is -3.02. The highest BCUT2D eigenvalue weighted by Crippen LogP contribution is 2.43. The molecule has 33 heavy (non-hydrogen) atoms. The van der Waals surface area contributed by atoms with Gasteiger partial charge in [0.1, 0.15) is 33.7 Å². The van der Waals surface area contributed by atoms with Gasteiger partial charge in [0.05, 0.1) is 10.0 Å². The van der Waals surface area contributed by atoms with E-state index in [0.717, 1.165) is 18.2 Å². The molecule has 0 aliphatic carbocycles. The van der Waals surface area contributed by atoms with Crippen LogP contribution in [0.5, 0.6) is 11.5 Å². The van der Waals surface area contributed by atoms with Crippen molar-refractivity contribution in [2.24, 2.45) is 0 Å². The number of anilines is 1. The van der Waals surface area contributed by atoms with Gasteiger partial charge in [-0.3, -0.25) is 10.1 Å². The molecule has 5 nitrogen and oxygen atoms in total. The minimum atomic E-state index is -1.24. The zero-order valence-corrected chi connectivity index (χ0v) is 20.0. The summed E-state index contributed by atoms with van der Waals surface area (Å²) in [5.41, 5.74) is 0.250. The van der Waals surface area contributed by atoms with Gasteiger partial charge in [0.25, 0.3) is 5.91 Å². The highest BCUT2D eigenvalue weighted by Gasteiger charge is 2.21. The number of nitrogens with one attached hydrogen (secondary N) is 2. The summed E-state index contributed by atoms with van der Waals surface area (Å²) >= 11 is 24.6. The van der Waals surface area contributed by atoms with Crippen LogP contribution in [0.15, 0.2) is 36.4 Å². The summed E-state index contributed by atoms with van der Waals surface area (Å²) in [5, 5.41) is 5.07. The Balaban J connectivity index is 1.83. The van der Waals surface area contributed by atoms with E-state index in [-0.39, 0.29) is 32.3 Å². The van der Waals surface area contributed by atoms with E-state index in [2.05, 4.69) is 5.32 Å². The number of rotatable bonds is 4. The zero-order valence-electron chi connectivity index (χ0n) is 17.0. The molecule has 3 amide bonds. The van der Waals surface area contributed by atoms with Crippen molar-refractivity contribution in [2.45, 2.75) is 13.8 Å². The molecule has 3 aromatic carbocycles. The molecule has 0 radical (unpaired) electrons.